The van der Waals surface area contributed by atoms with Crippen molar-refractivity contribution in [3.05, 3.63) is 30.3 Å². The van der Waals surface area contributed by atoms with Gasteiger partial charge in [-0.3, -0.25) is 4.79 Å². The van der Waals surface area contributed by atoms with Crippen LogP contribution in [0.3, 0.4) is 0 Å². The molecular weight excluding hydrogens is 285 g/mol. The maximum Gasteiger partial charge on any atom is 0.462 e. The number of para-hydroxylation sites is 1. The number of primary amides is 1. The van der Waals surface area contributed by atoms with Crippen molar-refractivity contribution in [2.24, 2.45) is 5.73 Å². The van der Waals surface area contributed by atoms with E-state index in [1.54, 1.807) is 6.07 Å². The molecule has 1 aromatic rings. The SMILES string of the molecule is NC(=O)N(OC(=O)C(=O)C(F)(F)F)c1ccccc1.O. The van der Waals surface area contributed by atoms with Crippen LogP contribution in [0.4, 0.5) is 23.7 Å². The van der Waals surface area contributed by atoms with E-state index in [9.17, 15) is 27.6 Å². The Morgan fingerprint density at radius 1 is 1.10 bits per heavy atom. The topological polar surface area (TPSA) is 121 Å². The lowest BCUT2D eigenvalue weighted by atomic mass is 10.3. The molecular formula is C10H9F3N2O5. The van der Waals surface area contributed by atoms with Gasteiger partial charge in [0.1, 0.15) is 0 Å². The molecule has 0 unspecified atom stereocenters. The summed E-state index contributed by atoms with van der Waals surface area (Å²) in [6.45, 7) is 0. The van der Waals surface area contributed by atoms with Crippen molar-refractivity contribution in [3.63, 3.8) is 0 Å². The van der Waals surface area contributed by atoms with Crippen LogP contribution >= 0.6 is 0 Å². The van der Waals surface area contributed by atoms with Crippen LogP contribution in [0, 0.1) is 0 Å². The molecule has 0 spiro atoms. The van der Waals surface area contributed by atoms with Gasteiger partial charge in [0.15, 0.2) is 0 Å². The molecule has 7 nitrogen and oxygen atoms in total. The number of ketones is 1. The number of rotatable bonds is 2. The number of alkyl halides is 3. The Bertz CT molecular complexity index is 503. The van der Waals surface area contributed by atoms with Gasteiger partial charge in [0.05, 0.1) is 5.69 Å². The molecule has 0 atom stereocenters. The minimum atomic E-state index is -5.39. The standard InChI is InChI=1S/C10H7F3N2O4.H2O/c11-10(12,13)7(16)8(17)19-15(9(14)18)6-4-2-1-3-5-6;/h1-5H,(H2,14,18);1H2. The lowest BCUT2D eigenvalue weighted by Crippen LogP contribution is -2.42. The maximum atomic E-state index is 12.0. The van der Waals surface area contributed by atoms with Crippen molar-refractivity contribution in [3.8, 4) is 0 Å². The molecule has 0 radical (unpaired) electrons. The van der Waals surface area contributed by atoms with Crippen LogP contribution in [0.2, 0.25) is 0 Å². The molecule has 0 saturated heterocycles. The highest BCUT2D eigenvalue weighted by molar-refractivity contribution is 6.36. The number of amides is 2. The van der Waals surface area contributed by atoms with Crippen LogP contribution < -0.4 is 10.8 Å². The smallest absolute Gasteiger partial charge is 0.412 e. The van der Waals surface area contributed by atoms with Crippen LogP contribution in [-0.2, 0) is 14.4 Å². The second-order valence-corrected chi connectivity index (χ2v) is 3.17. The van der Waals surface area contributed by atoms with Gasteiger partial charge in [0.2, 0.25) is 0 Å². The van der Waals surface area contributed by atoms with E-state index >= 15 is 0 Å². The van der Waals surface area contributed by atoms with E-state index in [1.807, 2.05) is 0 Å². The van der Waals surface area contributed by atoms with Crippen LogP contribution in [0.1, 0.15) is 0 Å². The molecule has 0 heterocycles. The van der Waals surface area contributed by atoms with E-state index in [2.05, 4.69) is 4.84 Å². The Hall–Kier alpha value is -2.62. The summed E-state index contributed by atoms with van der Waals surface area (Å²) < 4.78 is 35.9. The monoisotopic (exact) mass is 294 g/mol. The highest BCUT2D eigenvalue weighted by Gasteiger charge is 2.46. The number of anilines is 1. The largest absolute Gasteiger partial charge is 0.462 e. The van der Waals surface area contributed by atoms with Crippen molar-refractivity contribution in [1.82, 2.24) is 0 Å². The first-order chi connectivity index (χ1) is 8.73. The second-order valence-electron chi connectivity index (χ2n) is 3.17. The Kier molecular flexibility index (Phi) is 5.66. The third-order valence-electron chi connectivity index (χ3n) is 1.81. The van der Waals surface area contributed by atoms with Crippen LogP contribution in [-0.4, -0.2) is 29.4 Å². The van der Waals surface area contributed by atoms with Gasteiger partial charge in [-0.15, -0.1) is 5.06 Å². The van der Waals surface area contributed by atoms with E-state index in [0.29, 0.717) is 0 Å². The van der Waals surface area contributed by atoms with Crippen molar-refractivity contribution < 1.29 is 37.9 Å². The molecule has 0 saturated carbocycles. The van der Waals surface area contributed by atoms with Gasteiger partial charge in [-0.25, -0.2) is 9.59 Å². The van der Waals surface area contributed by atoms with Gasteiger partial charge in [0, 0.05) is 0 Å². The number of urea groups is 1. The first-order valence-electron chi connectivity index (χ1n) is 4.71. The second kappa shape index (κ2) is 6.52. The fraction of sp³-hybridized carbons (Fsp3) is 0.100. The summed E-state index contributed by atoms with van der Waals surface area (Å²) in [4.78, 5) is 36.5. The third kappa shape index (κ3) is 4.24. The van der Waals surface area contributed by atoms with Crippen molar-refractivity contribution in [2.75, 3.05) is 5.06 Å². The van der Waals surface area contributed by atoms with E-state index < -0.39 is 24.0 Å². The molecule has 1 aromatic carbocycles. The average molecular weight is 294 g/mol. The number of hydrogen-bond donors (Lipinski definition) is 1. The summed E-state index contributed by atoms with van der Waals surface area (Å²) >= 11 is 0. The number of benzene rings is 1. The van der Waals surface area contributed by atoms with E-state index in [-0.39, 0.29) is 16.2 Å². The van der Waals surface area contributed by atoms with Gasteiger partial charge in [-0.1, -0.05) is 18.2 Å². The zero-order chi connectivity index (χ0) is 14.6. The number of Topliss-reactive ketones (excluding diaryl/α,β-unsaturated/α-hetero) is 1. The normalized spacial score (nSPS) is 10.2. The van der Waals surface area contributed by atoms with E-state index in [0.717, 1.165) is 0 Å². The summed E-state index contributed by atoms with van der Waals surface area (Å²) in [6, 6.07) is 5.53. The third-order valence-corrected chi connectivity index (χ3v) is 1.81. The van der Waals surface area contributed by atoms with Crippen molar-refractivity contribution >= 4 is 23.5 Å². The Labute approximate surface area is 110 Å². The number of carbonyl (C=O) groups excluding carboxylic acids is 3. The molecule has 0 aromatic heterocycles. The highest BCUT2D eigenvalue weighted by atomic mass is 19.4. The molecule has 0 bridgehead atoms. The molecule has 1 rings (SSSR count). The predicted molar refractivity (Wildman–Crippen MR) is 59.3 cm³/mol. The molecule has 0 aliphatic carbocycles. The molecule has 2 amide bonds. The minimum Gasteiger partial charge on any atom is -0.412 e. The fourth-order valence-electron chi connectivity index (χ4n) is 1.03. The Morgan fingerprint density at radius 3 is 2.00 bits per heavy atom. The summed E-state index contributed by atoms with van der Waals surface area (Å²) in [5.41, 5.74) is 4.74. The van der Waals surface area contributed by atoms with Gasteiger partial charge in [0.25, 0.3) is 0 Å². The zero-order valence-corrected chi connectivity index (χ0v) is 9.68. The summed E-state index contributed by atoms with van der Waals surface area (Å²) in [5.74, 6) is -5.00. The molecule has 10 heteroatoms. The molecule has 0 aliphatic rings. The van der Waals surface area contributed by atoms with E-state index in [1.165, 1.54) is 24.3 Å². The number of hydroxylamine groups is 1. The summed E-state index contributed by atoms with van der Waals surface area (Å²) in [5, 5.41) is 0.0893. The number of carbonyl (C=O) groups is 3. The van der Waals surface area contributed by atoms with E-state index in [4.69, 9.17) is 5.73 Å². The molecule has 20 heavy (non-hydrogen) atoms. The molecule has 4 N–H and O–H groups in total. The lowest BCUT2D eigenvalue weighted by molar-refractivity contribution is -0.183. The predicted octanol–water partition coefficient (Wildman–Crippen LogP) is 0.337. The Balaban J connectivity index is 0.00000361. The van der Waals surface area contributed by atoms with Crippen molar-refractivity contribution in [1.29, 1.82) is 0 Å². The first kappa shape index (κ1) is 17.4. The van der Waals surface area contributed by atoms with Gasteiger partial charge < -0.3 is 16.0 Å². The average Bonchev–Trinajstić information content (AvgIpc) is 2.34. The number of nitrogens with zero attached hydrogens (tertiary/aromatic N) is 1. The maximum absolute atomic E-state index is 12.0. The van der Waals surface area contributed by atoms with Crippen LogP contribution in [0.5, 0.6) is 0 Å². The molecule has 0 fully saturated rings. The van der Waals surface area contributed by atoms with Gasteiger partial charge in [-0.2, -0.15) is 13.2 Å². The lowest BCUT2D eigenvalue weighted by Gasteiger charge is -2.18. The minimum absolute atomic E-state index is 0. The fourth-order valence-corrected chi connectivity index (χ4v) is 1.03. The number of nitrogens with two attached hydrogens (primary N) is 1. The summed E-state index contributed by atoms with van der Waals surface area (Å²) in [7, 11) is 0. The first-order valence-corrected chi connectivity index (χ1v) is 4.71. The van der Waals surface area contributed by atoms with Crippen LogP contribution in [0.25, 0.3) is 0 Å². The quantitative estimate of drug-likeness (QED) is 0.624. The Morgan fingerprint density at radius 2 is 1.60 bits per heavy atom. The van der Waals surface area contributed by atoms with Gasteiger partial charge in [-0.05, 0) is 12.1 Å². The van der Waals surface area contributed by atoms with Crippen LogP contribution in [0.15, 0.2) is 30.3 Å². The van der Waals surface area contributed by atoms with Crippen molar-refractivity contribution in [2.45, 2.75) is 6.18 Å². The highest BCUT2D eigenvalue weighted by Crippen LogP contribution is 2.19. The number of hydrogen-bond acceptors (Lipinski definition) is 4. The molecule has 0 aliphatic heterocycles. The zero-order valence-electron chi connectivity index (χ0n) is 9.68. The van der Waals surface area contributed by atoms with Gasteiger partial charge >= 0.3 is 24.0 Å². The molecule has 110 valence electrons. The summed E-state index contributed by atoms with van der Waals surface area (Å²) in [6.07, 6.45) is -5.39. The number of halogens is 3.